The number of benzene rings is 2. The van der Waals surface area contributed by atoms with Crippen LogP contribution in [0.25, 0.3) is 22.6 Å². The average molecular weight is 394 g/mol. The SMILES string of the molecule is Cc1cc(-c2ccc(N(C)C)cc2)oc2cc(=[N+](C)C)ccc1-2.F[B-](F)(F)F. The number of rotatable bonds is 2. The summed E-state index contributed by atoms with van der Waals surface area (Å²) in [6.45, 7) is 2.13. The van der Waals surface area contributed by atoms with Crippen LogP contribution in [0.3, 0.4) is 0 Å². The molecule has 0 spiro atoms. The topological polar surface area (TPSA) is 19.4 Å². The molecule has 1 aromatic carbocycles. The molecule has 0 N–H and O–H groups in total. The van der Waals surface area contributed by atoms with Gasteiger partial charge in [0, 0.05) is 37.0 Å². The lowest BCUT2D eigenvalue weighted by Crippen LogP contribution is -2.21. The number of fused-ring (bicyclic) bond motifs is 1. The molecule has 1 aliphatic heterocycles. The van der Waals surface area contributed by atoms with Gasteiger partial charge in [-0.15, -0.1) is 0 Å². The second-order valence-corrected chi connectivity index (χ2v) is 6.80. The molecule has 0 radical (unpaired) electrons. The first-order valence-corrected chi connectivity index (χ1v) is 8.65. The van der Waals surface area contributed by atoms with Crippen LogP contribution in [0, 0.1) is 6.92 Å². The molecule has 3 nitrogen and oxygen atoms in total. The van der Waals surface area contributed by atoms with Gasteiger partial charge in [0.05, 0.1) is 6.07 Å². The average Bonchev–Trinajstić information content (AvgIpc) is 2.59. The third-order valence-corrected chi connectivity index (χ3v) is 4.14. The highest BCUT2D eigenvalue weighted by atomic mass is 19.5. The molecule has 0 unspecified atom stereocenters. The van der Waals surface area contributed by atoms with E-state index in [4.69, 9.17) is 4.42 Å². The number of hydrogen-bond donors (Lipinski definition) is 0. The van der Waals surface area contributed by atoms with E-state index in [1.807, 2.05) is 28.2 Å². The molecule has 1 aliphatic carbocycles. The van der Waals surface area contributed by atoms with Crippen LogP contribution in [-0.4, -0.2) is 35.4 Å². The molecule has 0 bridgehead atoms. The van der Waals surface area contributed by atoms with Gasteiger partial charge in [0.1, 0.15) is 25.6 Å². The Morgan fingerprint density at radius 2 is 1.43 bits per heavy atom. The van der Waals surface area contributed by atoms with E-state index in [1.54, 1.807) is 0 Å². The molecule has 2 aliphatic rings. The van der Waals surface area contributed by atoms with E-state index in [1.165, 1.54) is 11.3 Å². The molecular formula is C20H23BF4N2O. The van der Waals surface area contributed by atoms with Crippen molar-refractivity contribution in [1.82, 2.24) is 4.58 Å². The second kappa shape index (κ2) is 8.50. The molecule has 0 saturated heterocycles. The number of anilines is 1. The minimum Gasteiger partial charge on any atom is -0.456 e. The number of hydrogen-bond acceptors (Lipinski definition) is 2. The molecule has 1 heterocycles. The molecule has 1 aromatic rings. The number of aryl methyl sites for hydroxylation is 1. The molecule has 150 valence electrons. The van der Waals surface area contributed by atoms with E-state index in [9.17, 15) is 17.3 Å². The summed E-state index contributed by atoms with van der Waals surface area (Å²) in [5.74, 6) is 1.82. The Morgan fingerprint density at radius 1 is 0.857 bits per heavy atom. The zero-order valence-corrected chi connectivity index (χ0v) is 16.5. The maximum atomic E-state index is 9.75. The van der Waals surface area contributed by atoms with Crippen LogP contribution in [-0.2, 0) is 0 Å². The van der Waals surface area contributed by atoms with Gasteiger partial charge in [0.2, 0.25) is 5.36 Å². The summed E-state index contributed by atoms with van der Waals surface area (Å²) < 4.78 is 47.3. The standard InChI is InChI=1S/C20H23N2O.BF4/c1-14-12-19(15-6-8-16(9-7-15)21(2)3)23-20-13-17(22(4)5)10-11-18(14)20;2-1(3,4)5/h6-13H,1-5H3;/q+1;-1. The quantitative estimate of drug-likeness (QED) is 0.355. The van der Waals surface area contributed by atoms with E-state index >= 15 is 0 Å². The van der Waals surface area contributed by atoms with Gasteiger partial charge in [-0.2, -0.15) is 0 Å². The fraction of sp³-hybridized carbons (Fsp3) is 0.250. The van der Waals surface area contributed by atoms with Gasteiger partial charge in [-0.05, 0) is 48.9 Å². The van der Waals surface area contributed by atoms with Crippen LogP contribution in [0.15, 0.2) is 52.9 Å². The van der Waals surface area contributed by atoms with Crippen LogP contribution < -0.4 is 14.8 Å². The Bertz CT molecular complexity index is 969. The molecule has 0 saturated carbocycles. The Morgan fingerprint density at radius 3 is 1.93 bits per heavy atom. The minimum absolute atomic E-state index is 0.899. The summed E-state index contributed by atoms with van der Waals surface area (Å²) >= 11 is 0. The van der Waals surface area contributed by atoms with Gasteiger partial charge in [-0.1, -0.05) is 0 Å². The van der Waals surface area contributed by atoms with Crippen molar-refractivity contribution in [3.63, 3.8) is 0 Å². The van der Waals surface area contributed by atoms with Gasteiger partial charge < -0.3 is 26.6 Å². The summed E-state index contributed by atoms with van der Waals surface area (Å²) in [4.78, 5) is 2.09. The van der Waals surface area contributed by atoms with Gasteiger partial charge in [0.25, 0.3) is 0 Å². The molecule has 28 heavy (non-hydrogen) atoms. The summed E-state index contributed by atoms with van der Waals surface area (Å²) in [5, 5.41) is 1.14. The Labute approximate surface area is 162 Å². The summed E-state index contributed by atoms with van der Waals surface area (Å²) in [7, 11) is 2.17. The molecular weight excluding hydrogens is 371 g/mol. The van der Waals surface area contributed by atoms with Crippen LogP contribution in [0.5, 0.6) is 0 Å². The van der Waals surface area contributed by atoms with E-state index in [0.717, 1.165) is 28.0 Å². The largest absolute Gasteiger partial charge is 0.673 e. The fourth-order valence-corrected chi connectivity index (χ4v) is 2.69. The lowest BCUT2D eigenvalue weighted by Gasteiger charge is -2.14. The van der Waals surface area contributed by atoms with Gasteiger partial charge in [-0.3, -0.25) is 0 Å². The molecule has 0 atom stereocenters. The van der Waals surface area contributed by atoms with Crippen molar-refractivity contribution in [3.05, 3.63) is 59.5 Å². The van der Waals surface area contributed by atoms with Gasteiger partial charge in [-0.25, -0.2) is 4.58 Å². The number of nitrogens with zero attached hydrogens (tertiary/aromatic N) is 2. The first kappa shape index (κ1) is 21.5. The first-order valence-electron chi connectivity index (χ1n) is 8.65. The zero-order valence-electron chi connectivity index (χ0n) is 16.5. The molecule has 0 aromatic heterocycles. The van der Waals surface area contributed by atoms with E-state index in [-0.39, 0.29) is 0 Å². The van der Waals surface area contributed by atoms with Crippen LogP contribution in [0.1, 0.15) is 5.56 Å². The molecule has 8 heteroatoms. The lowest BCUT2D eigenvalue weighted by atomic mass is 10.0. The predicted octanol–water partition coefficient (Wildman–Crippen LogP) is 4.76. The van der Waals surface area contributed by atoms with E-state index in [2.05, 4.69) is 64.9 Å². The summed E-state index contributed by atoms with van der Waals surface area (Å²) in [6.07, 6.45) is 0. The van der Waals surface area contributed by atoms with Crippen molar-refractivity contribution < 1.29 is 21.7 Å². The Kier molecular flexibility index (Phi) is 6.54. The highest BCUT2D eigenvalue weighted by molar-refractivity contribution is 6.50. The lowest BCUT2D eigenvalue weighted by molar-refractivity contribution is 0.368. The third kappa shape index (κ3) is 5.87. The zero-order chi connectivity index (χ0) is 21.1. The monoisotopic (exact) mass is 394 g/mol. The molecule has 0 fully saturated rings. The third-order valence-electron chi connectivity index (χ3n) is 4.14. The van der Waals surface area contributed by atoms with Crippen LogP contribution >= 0.6 is 0 Å². The first-order chi connectivity index (χ1) is 13.0. The normalized spacial score (nSPS) is 11.0. The highest BCUT2D eigenvalue weighted by Gasteiger charge is 2.20. The summed E-state index contributed by atoms with van der Waals surface area (Å²) in [5.41, 5.74) is 4.66. The predicted molar refractivity (Wildman–Crippen MR) is 107 cm³/mol. The second-order valence-electron chi connectivity index (χ2n) is 6.80. The van der Waals surface area contributed by atoms with E-state index < -0.39 is 7.25 Å². The van der Waals surface area contributed by atoms with Crippen molar-refractivity contribution in [1.29, 1.82) is 0 Å². The minimum atomic E-state index is -6.00. The maximum absolute atomic E-state index is 9.75. The Hall–Kier alpha value is -2.77. The highest BCUT2D eigenvalue weighted by Crippen LogP contribution is 2.31. The fourth-order valence-electron chi connectivity index (χ4n) is 2.69. The number of halogens is 4. The molecule has 0 amide bonds. The van der Waals surface area contributed by atoms with Gasteiger partial charge >= 0.3 is 7.25 Å². The van der Waals surface area contributed by atoms with Crippen molar-refractivity contribution >= 4 is 12.9 Å². The van der Waals surface area contributed by atoms with E-state index in [0.29, 0.717) is 0 Å². The smallest absolute Gasteiger partial charge is 0.456 e. The van der Waals surface area contributed by atoms with Crippen LogP contribution in [0.2, 0.25) is 0 Å². The van der Waals surface area contributed by atoms with Gasteiger partial charge in [0.15, 0.2) is 0 Å². The van der Waals surface area contributed by atoms with Crippen molar-refractivity contribution in [3.8, 4) is 22.6 Å². The van der Waals surface area contributed by atoms with Crippen molar-refractivity contribution in [2.45, 2.75) is 6.92 Å². The summed E-state index contributed by atoms with van der Waals surface area (Å²) in [6, 6.07) is 16.9. The molecule has 3 rings (SSSR count). The van der Waals surface area contributed by atoms with Crippen LogP contribution in [0.4, 0.5) is 23.0 Å². The Balaban J connectivity index is 0.000000500. The van der Waals surface area contributed by atoms with Crippen molar-refractivity contribution in [2.75, 3.05) is 33.1 Å². The maximum Gasteiger partial charge on any atom is 0.673 e. The van der Waals surface area contributed by atoms with Crippen molar-refractivity contribution in [2.24, 2.45) is 0 Å².